The number of hydrogen-bond acceptors (Lipinski definition) is 5. The molecule has 3 heterocycles. The summed E-state index contributed by atoms with van der Waals surface area (Å²) < 4.78 is 7.13. The normalized spacial score (nSPS) is 16.5. The molecule has 7 nitrogen and oxygen atoms in total. The molecule has 1 aliphatic heterocycles. The molecule has 134 valence electrons. The minimum atomic E-state index is -0.902. The second-order valence-electron chi connectivity index (χ2n) is 6.54. The Bertz CT molecular complexity index is 917. The van der Waals surface area contributed by atoms with E-state index in [9.17, 15) is 9.90 Å². The summed E-state index contributed by atoms with van der Waals surface area (Å²) in [5.74, 6) is -0.270. The van der Waals surface area contributed by atoms with Crippen LogP contribution in [-0.4, -0.2) is 50.9 Å². The van der Waals surface area contributed by atoms with Gasteiger partial charge in [0.05, 0.1) is 11.2 Å². The number of amides is 1. The predicted molar refractivity (Wildman–Crippen MR) is 96.2 cm³/mol. The number of benzene rings is 1. The number of aromatic nitrogens is 3. The zero-order valence-corrected chi connectivity index (χ0v) is 14.3. The number of hydrogen-bond donors (Lipinski definition) is 2. The number of nitrogens with zero attached hydrogens (tertiary/aromatic N) is 3. The second kappa shape index (κ2) is 6.86. The third kappa shape index (κ3) is 3.31. The van der Waals surface area contributed by atoms with E-state index in [2.05, 4.69) is 15.3 Å². The number of aliphatic hydroxyl groups is 1. The maximum atomic E-state index is 12.4. The Labute approximate surface area is 150 Å². The van der Waals surface area contributed by atoms with Gasteiger partial charge >= 0.3 is 0 Å². The number of fused-ring (bicyclic) bond motifs is 1. The molecule has 1 aromatic carbocycles. The lowest BCUT2D eigenvalue weighted by Crippen LogP contribution is -2.46. The highest BCUT2D eigenvalue weighted by molar-refractivity contribution is 5.96. The Kier molecular flexibility index (Phi) is 4.40. The molecular formula is C19H20N4O3. The second-order valence-corrected chi connectivity index (χ2v) is 6.54. The van der Waals surface area contributed by atoms with Gasteiger partial charge in [0.15, 0.2) is 5.65 Å². The Morgan fingerprint density at radius 1 is 1.23 bits per heavy atom. The Balaban J connectivity index is 1.51. The maximum Gasteiger partial charge on any atom is 0.253 e. The van der Waals surface area contributed by atoms with E-state index in [4.69, 9.17) is 4.74 Å². The van der Waals surface area contributed by atoms with E-state index in [-0.39, 0.29) is 12.5 Å². The van der Waals surface area contributed by atoms with Gasteiger partial charge in [0.25, 0.3) is 5.91 Å². The Morgan fingerprint density at radius 2 is 2.00 bits per heavy atom. The average Bonchev–Trinajstić information content (AvgIpc) is 3.11. The molecule has 1 amide bonds. The van der Waals surface area contributed by atoms with E-state index in [1.807, 2.05) is 34.9 Å². The standard InChI is InChI=1S/C19H20N4O3/c24-18(21-12-19(25)6-8-26-9-7-19)14-10-16-17(20-11-14)23(13-22-16)15-4-2-1-3-5-15/h1-5,10-11,13,25H,6-9,12H2,(H,21,24). The van der Waals surface area contributed by atoms with Crippen LogP contribution < -0.4 is 5.32 Å². The van der Waals surface area contributed by atoms with Gasteiger partial charge in [0.2, 0.25) is 0 Å². The number of rotatable bonds is 4. The molecule has 0 radical (unpaired) electrons. The molecule has 1 saturated heterocycles. The minimum Gasteiger partial charge on any atom is -0.388 e. The first-order valence-electron chi connectivity index (χ1n) is 8.62. The van der Waals surface area contributed by atoms with E-state index < -0.39 is 5.60 Å². The van der Waals surface area contributed by atoms with Crippen LogP contribution in [0.25, 0.3) is 16.9 Å². The van der Waals surface area contributed by atoms with Crippen LogP contribution in [0.3, 0.4) is 0 Å². The van der Waals surface area contributed by atoms with Crippen molar-refractivity contribution in [3.8, 4) is 5.69 Å². The number of nitrogens with one attached hydrogen (secondary N) is 1. The highest BCUT2D eigenvalue weighted by atomic mass is 16.5. The fourth-order valence-electron chi connectivity index (χ4n) is 3.08. The summed E-state index contributed by atoms with van der Waals surface area (Å²) in [7, 11) is 0. The van der Waals surface area contributed by atoms with E-state index >= 15 is 0 Å². The summed E-state index contributed by atoms with van der Waals surface area (Å²) in [6, 6.07) is 11.5. The smallest absolute Gasteiger partial charge is 0.253 e. The average molecular weight is 352 g/mol. The third-order valence-corrected chi connectivity index (χ3v) is 4.69. The van der Waals surface area contributed by atoms with Crippen molar-refractivity contribution in [2.75, 3.05) is 19.8 Å². The first-order chi connectivity index (χ1) is 12.6. The fraction of sp³-hybridized carbons (Fsp3) is 0.316. The van der Waals surface area contributed by atoms with Crippen LogP contribution in [0.5, 0.6) is 0 Å². The SMILES string of the molecule is O=C(NCC1(O)CCOCC1)c1cnc2c(c1)ncn2-c1ccccc1. The number of imidazole rings is 1. The Hall–Kier alpha value is -2.77. The topological polar surface area (TPSA) is 89.3 Å². The predicted octanol–water partition coefficient (Wildman–Crippen LogP) is 1.69. The van der Waals surface area contributed by atoms with E-state index in [1.54, 1.807) is 12.4 Å². The molecule has 0 unspecified atom stereocenters. The summed E-state index contributed by atoms with van der Waals surface area (Å²) >= 11 is 0. The fourth-order valence-corrected chi connectivity index (χ4v) is 3.08. The van der Waals surface area contributed by atoms with Gasteiger partial charge in [-0.2, -0.15) is 0 Å². The minimum absolute atomic E-state index is 0.200. The molecule has 0 saturated carbocycles. The number of pyridine rings is 1. The molecule has 2 N–H and O–H groups in total. The van der Waals surface area contributed by atoms with Gasteiger partial charge in [-0.05, 0) is 18.2 Å². The van der Waals surface area contributed by atoms with Gasteiger partial charge in [0, 0.05) is 44.5 Å². The zero-order chi connectivity index (χ0) is 18.0. The number of ether oxygens (including phenoxy) is 1. The molecule has 2 aromatic heterocycles. The van der Waals surface area contributed by atoms with Crippen LogP contribution in [-0.2, 0) is 4.74 Å². The molecule has 3 aromatic rings. The van der Waals surface area contributed by atoms with Crippen LogP contribution in [0.1, 0.15) is 23.2 Å². The van der Waals surface area contributed by atoms with Crippen molar-refractivity contribution >= 4 is 17.1 Å². The monoisotopic (exact) mass is 352 g/mol. The molecular weight excluding hydrogens is 332 g/mol. The first kappa shape index (κ1) is 16.7. The summed E-state index contributed by atoms with van der Waals surface area (Å²) in [5, 5.41) is 13.2. The molecule has 0 spiro atoms. The van der Waals surface area contributed by atoms with Gasteiger partial charge in [-0.25, -0.2) is 9.97 Å². The van der Waals surface area contributed by atoms with Crippen molar-refractivity contribution in [2.45, 2.75) is 18.4 Å². The molecule has 7 heteroatoms. The third-order valence-electron chi connectivity index (χ3n) is 4.69. The Morgan fingerprint density at radius 3 is 2.77 bits per heavy atom. The molecule has 26 heavy (non-hydrogen) atoms. The summed E-state index contributed by atoms with van der Waals surface area (Å²) in [5.41, 5.74) is 1.82. The lowest BCUT2D eigenvalue weighted by molar-refractivity contribution is -0.0605. The number of carbonyl (C=O) groups is 1. The van der Waals surface area contributed by atoms with Crippen LogP contribution in [0.2, 0.25) is 0 Å². The molecule has 1 aliphatic rings. The lowest BCUT2D eigenvalue weighted by Gasteiger charge is -2.32. The summed E-state index contributed by atoms with van der Waals surface area (Å²) in [6.07, 6.45) is 4.27. The number of para-hydroxylation sites is 1. The molecule has 1 fully saturated rings. The van der Waals surface area contributed by atoms with Gasteiger partial charge in [0.1, 0.15) is 11.8 Å². The van der Waals surface area contributed by atoms with Crippen molar-refractivity contribution in [1.29, 1.82) is 0 Å². The maximum absolute atomic E-state index is 12.4. The van der Waals surface area contributed by atoms with E-state index in [0.29, 0.717) is 42.8 Å². The highest BCUT2D eigenvalue weighted by Crippen LogP contribution is 2.20. The van der Waals surface area contributed by atoms with Crippen molar-refractivity contribution in [3.63, 3.8) is 0 Å². The van der Waals surface area contributed by atoms with Gasteiger partial charge < -0.3 is 15.2 Å². The van der Waals surface area contributed by atoms with E-state index in [1.165, 1.54) is 6.20 Å². The highest BCUT2D eigenvalue weighted by Gasteiger charge is 2.30. The van der Waals surface area contributed by atoms with Gasteiger partial charge in [-0.15, -0.1) is 0 Å². The van der Waals surface area contributed by atoms with Crippen molar-refractivity contribution in [2.24, 2.45) is 0 Å². The molecule has 0 atom stereocenters. The van der Waals surface area contributed by atoms with Crippen LogP contribution in [0, 0.1) is 0 Å². The van der Waals surface area contributed by atoms with Gasteiger partial charge in [-0.3, -0.25) is 9.36 Å². The largest absolute Gasteiger partial charge is 0.388 e. The summed E-state index contributed by atoms with van der Waals surface area (Å²) in [6.45, 7) is 1.22. The first-order valence-corrected chi connectivity index (χ1v) is 8.62. The van der Waals surface area contributed by atoms with Crippen LogP contribution >= 0.6 is 0 Å². The molecule has 0 bridgehead atoms. The zero-order valence-electron chi connectivity index (χ0n) is 14.3. The van der Waals surface area contributed by atoms with Crippen molar-refractivity contribution < 1.29 is 14.6 Å². The quantitative estimate of drug-likeness (QED) is 0.746. The van der Waals surface area contributed by atoms with Crippen molar-refractivity contribution in [3.05, 3.63) is 54.5 Å². The summed E-state index contributed by atoms with van der Waals surface area (Å²) in [4.78, 5) is 21.2. The van der Waals surface area contributed by atoms with Crippen molar-refractivity contribution in [1.82, 2.24) is 19.9 Å². The van der Waals surface area contributed by atoms with Crippen LogP contribution in [0.15, 0.2) is 48.9 Å². The van der Waals surface area contributed by atoms with Crippen LogP contribution in [0.4, 0.5) is 0 Å². The lowest BCUT2D eigenvalue weighted by atomic mass is 9.94. The molecule has 4 rings (SSSR count). The van der Waals surface area contributed by atoms with E-state index in [0.717, 1.165) is 5.69 Å². The number of carbonyl (C=O) groups excluding carboxylic acids is 1. The van der Waals surface area contributed by atoms with Gasteiger partial charge in [-0.1, -0.05) is 18.2 Å². The molecule has 0 aliphatic carbocycles.